The van der Waals surface area contributed by atoms with Crippen LogP contribution in [0.4, 0.5) is 0 Å². The normalized spacial score (nSPS) is 10.5. The van der Waals surface area contributed by atoms with Crippen LogP contribution in [-0.2, 0) is 12.5 Å². The van der Waals surface area contributed by atoms with Crippen molar-refractivity contribution >= 4 is 38.9 Å². The molecule has 0 amide bonds. The van der Waals surface area contributed by atoms with E-state index in [4.69, 9.17) is 16.3 Å². The standard InChI is InChI=1S/C12H11BrClNOS/c1-8-15-10(7-17-8)6-16-12-9(5-14)3-2-4-11(12)13/h2-4,7H,5-6H2,1H3. The molecule has 2 rings (SSSR count). The van der Waals surface area contributed by atoms with Crippen LogP contribution in [0.1, 0.15) is 16.3 Å². The van der Waals surface area contributed by atoms with Crippen molar-refractivity contribution in [2.24, 2.45) is 0 Å². The predicted octanol–water partition coefficient (Wildman–Crippen LogP) is 4.53. The van der Waals surface area contributed by atoms with E-state index in [0.717, 1.165) is 26.5 Å². The van der Waals surface area contributed by atoms with E-state index in [1.807, 2.05) is 30.5 Å². The summed E-state index contributed by atoms with van der Waals surface area (Å²) in [5.41, 5.74) is 1.93. The molecule has 2 aromatic rings. The molecule has 17 heavy (non-hydrogen) atoms. The Labute approximate surface area is 118 Å². The molecule has 0 fully saturated rings. The van der Waals surface area contributed by atoms with E-state index in [0.29, 0.717) is 12.5 Å². The highest BCUT2D eigenvalue weighted by Gasteiger charge is 2.08. The number of hydrogen-bond donors (Lipinski definition) is 0. The Bertz CT molecular complexity index is 515. The molecule has 1 aromatic heterocycles. The van der Waals surface area contributed by atoms with Gasteiger partial charge in [0.05, 0.1) is 21.1 Å². The largest absolute Gasteiger partial charge is 0.486 e. The lowest BCUT2D eigenvalue weighted by Gasteiger charge is -2.10. The lowest BCUT2D eigenvalue weighted by Crippen LogP contribution is -1.99. The highest BCUT2D eigenvalue weighted by atomic mass is 79.9. The zero-order valence-electron chi connectivity index (χ0n) is 9.24. The number of halogens is 2. The second kappa shape index (κ2) is 5.85. The van der Waals surface area contributed by atoms with Crippen molar-refractivity contribution in [2.45, 2.75) is 19.4 Å². The average Bonchev–Trinajstić information content (AvgIpc) is 2.73. The van der Waals surface area contributed by atoms with Gasteiger partial charge in [-0.25, -0.2) is 4.98 Å². The predicted molar refractivity (Wildman–Crippen MR) is 74.9 cm³/mol. The van der Waals surface area contributed by atoms with Gasteiger partial charge in [0.1, 0.15) is 12.4 Å². The van der Waals surface area contributed by atoms with E-state index in [1.54, 1.807) is 11.3 Å². The molecule has 0 atom stereocenters. The Kier molecular flexibility index (Phi) is 4.42. The third-order valence-corrected chi connectivity index (χ3v) is 3.96. The van der Waals surface area contributed by atoms with E-state index >= 15 is 0 Å². The van der Waals surface area contributed by atoms with Gasteiger partial charge >= 0.3 is 0 Å². The van der Waals surface area contributed by atoms with Crippen molar-refractivity contribution in [3.8, 4) is 5.75 Å². The number of aromatic nitrogens is 1. The van der Waals surface area contributed by atoms with E-state index in [1.165, 1.54) is 0 Å². The third-order valence-electron chi connectivity index (χ3n) is 2.22. The van der Waals surface area contributed by atoms with E-state index in [-0.39, 0.29) is 0 Å². The summed E-state index contributed by atoms with van der Waals surface area (Å²) in [5, 5.41) is 3.06. The Morgan fingerprint density at radius 2 is 2.29 bits per heavy atom. The van der Waals surface area contributed by atoms with Gasteiger partial charge in [-0.3, -0.25) is 0 Å². The molecule has 0 aliphatic rings. The number of ether oxygens (including phenoxy) is 1. The first-order chi connectivity index (χ1) is 8.20. The molecule has 5 heteroatoms. The smallest absolute Gasteiger partial charge is 0.138 e. The number of rotatable bonds is 4. The minimum atomic E-state index is 0.435. The zero-order valence-corrected chi connectivity index (χ0v) is 12.4. The molecule has 0 unspecified atom stereocenters. The second-order valence-corrected chi connectivity index (χ2v) is 5.69. The van der Waals surface area contributed by atoms with Crippen molar-refractivity contribution in [1.82, 2.24) is 4.98 Å². The molecule has 1 heterocycles. The fourth-order valence-electron chi connectivity index (χ4n) is 1.44. The van der Waals surface area contributed by atoms with Crippen LogP contribution in [0.3, 0.4) is 0 Å². The minimum Gasteiger partial charge on any atom is -0.486 e. The minimum absolute atomic E-state index is 0.435. The number of hydrogen-bond acceptors (Lipinski definition) is 3. The Balaban J connectivity index is 2.13. The Morgan fingerprint density at radius 1 is 1.47 bits per heavy atom. The monoisotopic (exact) mass is 331 g/mol. The van der Waals surface area contributed by atoms with E-state index in [2.05, 4.69) is 20.9 Å². The number of alkyl halides is 1. The average molecular weight is 333 g/mol. The summed E-state index contributed by atoms with van der Waals surface area (Å²) in [5.74, 6) is 1.23. The van der Waals surface area contributed by atoms with Gasteiger partial charge in [-0.05, 0) is 28.9 Å². The van der Waals surface area contributed by atoms with Gasteiger partial charge in [-0.15, -0.1) is 22.9 Å². The van der Waals surface area contributed by atoms with Crippen molar-refractivity contribution in [3.63, 3.8) is 0 Å². The SMILES string of the molecule is Cc1nc(COc2c(Br)cccc2CCl)cs1. The molecule has 0 radical (unpaired) electrons. The number of para-hydroxylation sites is 1. The Hall–Kier alpha value is -0.580. The first-order valence-corrected chi connectivity index (χ1v) is 7.28. The van der Waals surface area contributed by atoms with Crippen LogP contribution < -0.4 is 4.74 Å². The van der Waals surface area contributed by atoms with Gasteiger partial charge in [0.2, 0.25) is 0 Å². The molecule has 1 aromatic carbocycles. The highest BCUT2D eigenvalue weighted by Crippen LogP contribution is 2.30. The van der Waals surface area contributed by atoms with Crippen LogP contribution in [0.25, 0.3) is 0 Å². The molecule has 0 spiro atoms. The lowest BCUT2D eigenvalue weighted by atomic mass is 10.2. The first kappa shape index (κ1) is 12.9. The van der Waals surface area contributed by atoms with Crippen LogP contribution in [0.5, 0.6) is 5.75 Å². The number of nitrogens with zero attached hydrogens (tertiary/aromatic N) is 1. The van der Waals surface area contributed by atoms with Gasteiger partial charge < -0.3 is 4.74 Å². The van der Waals surface area contributed by atoms with Gasteiger partial charge in [0, 0.05) is 10.9 Å². The second-order valence-electron chi connectivity index (χ2n) is 3.51. The number of aryl methyl sites for hydroxylation is 1. The van der Waals surface area contributed by atoms with Crippen LogP contribution in [0.2, 0.25) is 0 Å². The zero-order chi connectivity index (χ0) is 12.3. The first-order valence-electron chi connectivity index (χ1n) is 5.08. The van der Waals surface area contributed by atoms with Gasteiger partial charge in [-0.1, -0.05) is 12.1 Å². The molecule has 0 saturated carbocycles. The van der Waals surface area contributed by atoms with Gasteiger partial charge in [0.25, 0.3) is 0 Å². The van der Waals surface area contributed by atoms with Crippen molar-refractivity contribution in [1.29, 1.82) is 0 Å². The molecular weight excluding hydrogens is 322 g/mol. The lowest BCUT2D eigenvalue weighted by molar-refractivity contribution is 0.297. The van der Waals surface area contributed by atoms with Crippen molar-refractivity contribution < 1.29 is 4.74 Å². The highest BCUT2D eigenvalue weighted by molar-refractivity contribution is 9.10. The van der Waals surface area contributed by atoms with Crippen LogP contribution in [0.15, 0.2) is 28.1 Å². The summed E-state index contributed by atoms with van der Waals surface area (Å²) in [6, 6.07) is 5.85. The summed E-state index contributed by atoms with van der Waals surface area (Å²) < 4.78 is 6.69. The maximum atomic E-state index is 5.88. The number of thiazole rings is 1. The molecule has 0 N–H and O–H groups in total. The summed E-state index contributed by atoms with van der Waals surface area (Å²) in [4.78, 5) is 4.36. The molecule has 90 valence electrons. The molecule has 0 aliphatic carbocycles. The van der Waals surface area contributed by atoms with Crippen molar-refractivity contribution in [2.75, 3.05) is 0 Å². The maximum absolute atomic E-state index is 5.88. The molecule has 0 saturated heterocycles. The summed E-state index contributed by atoms with van der Waals surface area (Å²) in [6.45, 7) is 2.45. The molecule has 0 aliphatic heterocycles. The topological polar surface area (TPSA) is 22.1 Å². The molecule has 2 nitrogen and oxygen atoms in total. The fourth-order valence-corrected chi connectivity index (χ4v) is 2.77. The van der Waals surface area contributed by atoms with E-state index < -0.39 is 0 Å². The van der Waals surface area contributed by atoms with Crippen LogP contribution >= 0.6 is 38.9 Å². The quantitative estimate of drug-likeness (QED) is 0.767. The summed E-state index contributed by atoms with van der Waals surface area (Å²) in [7, 11) is 0. The van der Waals surface area contributed by atoms with Crippen LogP contribution in [-0.4, -0.2) is 4.98 Å². The van der Waals surface area contributed by atoms with Gasteiger partial charge in [-0.2, -0.15) is 0 Å². The molecular formula is C12H11BrClNOS. The Morgan fingerprint density at radius 3 is 2.94 bits per heavy atom. The van der Waals surface area contributed by atoms with Crippen molar-refractivity contribution in [3.05, 3.63) is 44.3 Å². The van der Waals surface area contributed by atoms with E-state index in [9.17, 15) is 0 Å². The van der Waals surface area contributed by atoms with Gasteiger partial charge in [0.15, 0.2) is 0 Å². The number of benzene rings is 1. The summed E-state index contributed by atoms with van der Waals surface area (Å²) in [6.07, 6.45) is 0. The third kappa shape index (κ3) is 3.21. The maximum Gasteiger partial charge on any atom is 0.138 e. The van der Waals surface area contributed by atoms with Crippen LogP contribution in [0, 0.1) is 6.92 Å². The molecule has 0 bridgehead atoms. The fraction of sp³-hybridized carbons (Fsp3) is 0.250. The summed E-state index contributed by atoms with van der Waals surface area (Å²) >= 11 is 11.0.